The summed E-state index contributed by atoms with van der Waals surface area (Å²) < 4.78 is 0. The minimum absolute atomic E-state index is 0.107. The lowest BCUT2D eigenvalue weighted by Crippen LogP contribution is -2.24. The SMILES string of the molecule is CCC(C)CC(=O)NCc1sccc1C#CCN. The van der Waals surface area contributed by atoms with Gasteiger partial charge >= 0.3 is 0 Å². The molecule has 0 aliphatic carbocycles. The lowest BCUT2D eigenvalue weighted by molar-refractivity contribution is -0.122. The number of nitrogens with two attached hydrogens (primary N) is 1. The first-order valence-electron chi connectivity index (χ1n) is 6.19. The minimum Gasteiger partial charge on any atom is -0.351 e. The van der Waals surface area contributed by atoms with Gasteiger partial charge in [0.2, 0.25) is 5.91 Å². The normalized spacial score (nSPS) is 11.5. The molecule has 0 fully saturated rings. The van der Waals surface area contributed by atoms with Crippen LogP contribution in [0.15, 0.2) is 11.4 Å². The van der Waals surface area contributed by atoms with Crippen molar-refractivity contribution in [2.45, 2.75) is 33.2 Å². The van der Waals surface area contributed by atoms with E-state index in [1.807, 2.05) is 11.4 Å². The summed E-state index contributed by atoms with van der Waals surface area (Å²) in [6, 6.07) is 1.96. The molecule has 0 aliphatic heterocycles. The molecule has 1 unspecified atom stereocenters. The van der Waals surface area contributed by atoms with Crippen molar-refractivity contribution < 1.29 is 4.79 Å². The molecule has 0 saturated carbocycles. The Balaban J connectivity index is 2.48. The summed E-state index contributed by atoms with van der Waals surface area (Å²) in [4.78, 5) is 12.8. The number of hydrogen-bond acceptors (Lipinski definition) is 3. The molecule has 1 amide bonds. The Bertz CT molecular complexity index is 442. The molecule has 0 spiro atoms. The summed E-state index contributed by atoms with van der Waals surface area (Å²) >= 11 is 1.61. The van der Waals surface area contributed by atoms with Gasteiger partial charge in [0, 0.05) is 16.9 Å². The van der Waals surface area contributed by atoms with E-state index in [4.69, 9.17) is 5.73 Å². The van der Waals surface area contributed by atoms with Gasteiger partial charge in [0.05, 0.1) is 13.1 Å². The predicted molar refractivity (Wildman–Crippen MR) is 76.2 cm³/mol. The summed E-state index contributed by atoms with van der Waals surface area (Å²) in [5, 5.41) is 4.92. The summed E-state index contributed by atoms with van der Waals surface area (Å²) in [5.41, 5.74) is 6.31. The molecule has 18 heavy (non-hydrogen) atoms. The van der Waals surface area contributed by atoms with E-state index in [0.717, 1.165) is 16.9 Å². The van der Waals surface area contributed by atoms with Crippen molar-refractivity contribution in [3.05, 3.63) is 21.9 Å². The molecule has 98 valence electrons. The highest BCUT2D eigenvalue weighted by molar-refractivity contribution is 7.10. The van der Waals surface area contributed by atoms with Crippen molar-refractivity contribution in [3.8, 4) is 11.8 Å². The second kappa shape index (κ2) is 7.91. The van der Waals surface area contributed by atoms with Crippen LogP contribution in [0.2, 0.25) is 0 Å². The average molecular weight is 264 g/mol. The van der Waals surface area contributed by atoms with Crippen molar-refractivity contribution in [1.82, 2.24) is 5.32 Å². The van der Waals surface area contributed by atoms with E-state index in [2.05, 4.69) is 31.0 Å². The first-order chi connectivity index (χ1) is 8.67. The largest absolute Gasteiger partial charge is 0.351 e. The van der Waals surface area contributed by atoms with Gasteiger partial charge in [-0.1, -0.05) is 32.1 Å². The Labute approximate surface area is 113 Å². The van der Waals surface area contributed by atoms with E-state index in [-0.39, 0.29) is 5.91 Å². The van der Waals surface area contributed by atoms with Gasteiger partial charge in [-0.2, -0.15) is 0 Å². The smallest absolute Gasteiger partial charge is 0.220 e. The Morgan fingerprint density at radius 3 is 3.06 bits per heavy atom. The van der Waals surface area contributed by atoms with Gasteiger partial charge < -0.3 is 11.1 Å². The molecule has 4 heteroatoms. The van der Waals surface area contributed by atoms with Crippen LogP contribution in [0.4, 0.5) is 0 Å². The first-order valence-corrected chi connectivity index (χ1v) is 7.07. The highest BCUT2D eigenvalue weighted by Crippen LogP contribution is 2.15. The number of carbonyl (C=O) groups is 1. The van der Waals surface area contributed by atoms with Crippen LogP contribution in [0.5, 0.6) is 0 Å². The third-order valence-electron chi connectivity index (χ3n) is 2.75. The number of rotatable bonds is 5. The van der Waals surface area contributed by atoms with E-state index < -0.39 is 0 Å². The van der Waals surface area contributed by atoms with Gasteiger partial charge in [-0.15, -0.1) is 11.3 Å². The maximum atomic E-state index is 11.7. The molecule has 3 nitrogen and oxygen atoms in total. The number of nitrogens with one attached hydrogen (secondary N) is 1. The van der Waals surface area contributed by atoms with Crippen LogP contribution in [0.25, 0.3) is 0 Å². The number of carbonyl (C=O) groups excluding carboxylic acids is 1. The lowest BCUT2D eigenvalue weighted by atomic mass is 10.1. The Hall–Kier alpha value is -1.31. The molecule has 1 aromatic heterocycles. The van der Waals surface area contributed by atoms with Gasteiger partial charge in [-0.05, 0) is 17.4 Å². The summed E-state index contributed by atoms with van der Waals surface area (Å²) in [5.74, 6) is 6.39. The van der Waals surface area contributed by atoms with Crippen molar-refractivity contribution in [1.29, 1.82) is 0 Å². The number of amides is 1. The molecule has 0 bridgehead atoms. The highest BCUT2D eigenvalue weighted by atomic mass is 32.1. The van der Waals surface area contributed by atoms with E-state index in [0.29, 0.717) is 25.4 Å². The summed E-state index contributed by atoms with van der Waals surface area (Å²) in [6.45, 7) is 5.10. The van der Waals surface area contributed by atoms with E-state index in [9.17, 15) is 4.79 Å². The van der Waals surface area contributed by atoms with Gasteiger partial charge in [0.1, 0.15) is 0 Å². The molecule has 1 heterocycles. The maximum absolute atomic E-state index is 11.7. The highest BCUT2D eigenvalue weighted by Gasteiger charge is 2.08. The monoisotopic (exact) mass is 264 g/mol. The molecule has 1 atom stereocenters. The van der Waals surface area contributed by atoms with Crippen LogP contribution in [-0.4, -0.2) is 12.5 Å². The van der Waals surface area contributed by atoms with Crippen molar-refractivity contribution in [3.63, 3.8) is 0 Å². The molecule has 1 rings (SSSR count). The standard InChI is InChI=1S/C14H20N2OS/c1-3-11(2)9-14(17)16-10-13-12(5-4-7-15)6-8-18-13/h6,8,11H,3,7,9-10,15H2,1-2H3,(H,16,17). The zero-order valence-electron chi connectivity index (χ0n) is 11.0. The summed E-state index contributed by atoms with van der Waals surface area (Å²) in [6.07, 6.45) is 1.62. The van der Waals surface area contributed by atoms with Crippen LogP contribution >= 0.6 is 11.3 Å². The molecule has 1 aromatic rings. The molecule has 0 saturated heterocycles. The minimum atomic E-state index is 0.107. The van der Waals surface area contributed by atoms with E-state index in [1.165, 1.54) is 0 Å². The number of thiophene rings is 1. The second-order valence-electron chi connectivity index (χ2n) is 4.26. The first kappa shape index (κ1) is 14.7. The van der Waals surface area contributed by atoms with Crippen molar-refractivity contribution in [2.24, 2.45) is 11.7 Å². The molecular formula is C14H20N2OS. The van der Waals surface area contributed by atoms with Crippen LogP contribution < -0.4 is 11.1 Å². The molecule has 0 radical (unpaired) electrons. The Morgan fingerprint density at radius 1 is 1.61 bits per heavy atom. The van der Waals surface area contributed by atoms with Gasteiger partial charge in [0.15, 0.2) is 0 Å². The quantitative estimate of drug-likeness (QED) is 0.800. The van der Waals surface area contributed by atoms with Crippen molar-refractivity contribution >= 4 is 17.2 Å². The fourth-order valence-corrected chi connectivity index (χ4v) is 2.22. The zero-order chi connectivity index (χ0) is 13.4. The van der Waals surface area contributed by atoms with Gasteiger partial charge in [-0.25, -0.2) is 0 Å². The fraction of sp³-hybridized carbons (Fsp3) is 0.500. The van der Waals surface area contributed by atoms with Gasteiger partial charge in [0.25, 0.3) is 0 Å². The predicted octanol–water partition coefficient (Wildman–Crippen LogP) is 2.11. The van der Waals surface area contributed by atoms with Gasteiger partial charge in [-0.3, -0.25) is 4.79 Å². The van der Waals surface area contributed by atoms with Crippen LogP contribution in [-0.2, 0) is 11.3 Å². The Morgan fingerprint density at radius 2 is 2.39 bits per heavy atom. The number of hydrogen-bond donors (Lipinski definition) is 2. The fourth-order valence-electron chi connectivity index (χ4n) is 1.45. The second-order valence-corrected chi connectivity index (χ2v) is 5.26. The van der Waals surface area contributed by atoms with Crippen molar-refractivity contribution in [2.75, 3.05) is 6.54 Å². The molecule has 0 aromatic carbocycles. The lowest BCUT2D eigenvalue weighted by Gasteiger charge is -2.08. The third-order valence-corrected chi connectivity index (χ3v) is 3.67. The maximum Gasteiger partial charge on any atom is 0.220 e. The van der Waals surface area contributed by atoms with Crippen LogP contribution in [0, 0.1) is 17.8 Å². The van der Waals surface area contributed by atoms with E-state index in [1.54, 1.807) is 11.3 Å². The van der Waals surface area contributed by atoms with Crippen LogP contribution in [0.3, 0.4) is 0 Å². The third kappa shape index (κ3) is 4.91. The zero-order valence-corrected chi connectivity index (χ0v) is 11.8. The topological polar surface area (TPSA) is 55.1 Å². The molecule has 0 aliphatic rings. The molecule has 3 N–H and O–H groups in total. The molecular weight excluding hydrogens is 244 g/mol. The average Bonchev–Trinajstić information content (AvgIpc) is 2.81. The summed E-state index contributed by atoms with van der Waals surface area (Å²) in [7, 11) is 0. The van der Waals surface area contributed by atoms with Crippen LogP contribution in [0.1, 0.15) is 37.1 Å². The van der Waals surface area contributed by atoms with E-state index >= 15 is 0 Å². The Kier molecular flexibility index (Phi) is 6.48.